The van der Waals surface area contributed by atoms with Gasteiger partial charge >= 0.3 is 0 Å². The zero-order valence-corrected chi connectivity index (χ0v) is 18.8. The van der Waals surface area contributed by atoms with Gasteiger partial charge in [-0.15, -0.1) is 24.0 Å². The first-order valence-electron chi connectivity index (χ1n) is 10.7. The Balaban J connectivity index is 0.00000210. The van der Waals surface area contributed by atoms with Crippen LogP contribution in [0.15, 0.2) is 27.8 Å². The fourth-order valence-electron chi connectivity index (χ4n) is 4.72. The van der Waals surface area contributed by atoms with Crippen LogP contribution >= 0.6 is 24.0 Å². The molecule has 0 aromatic carbocycles. The topological polar surface area (TPSA) is 44.0 Å². The Morgan fingerprint density at radius 3 is 2.67 bits per heavy atom. The van der Waals surface area contributed by atoms with E-state index in [2.05, 4.69) is 15.1 Å². The van der Waals surface area contributed by atoms with E-state index in [1.54, 1.807) is 6.26 Å². The molecular formula is C21H35IN4O. The van der Waals surface area contributed by atoms with Crippen molar-refractivity contribution in [3.05, 3.63) is 24.2 Å². The third-order valence-corrected chi connectivity index (χ3v) is 6.19. The lowest BCUT2D eigenvalue weighted by molar-refractivity contribution is 0.280. The van der Waals surface area contributed by atoms with Gasteiger partial charge < -0.3 is 19.5 Å². The maximum atomic E-state index is 5.46. The highest BCUT2D eigenvalue weighted by atomic mass is 127. The van der Waals surface area contributed by atoms with Crippen molar-refractivity contribution in [2.45, 2.75) is 57.4 Å². The van der Waals surface area contributed by atoms with Crippen molar-refractivity contribution >= 4 is 29.9 Å². The number of furan rings is 1. The Bertz CT molecular complexity index is 565. The summed E-state index contributed by atoms with van der Waals surface area (Å²) in [6, 6.07) is 4.62. The Morgan fingerprint density at radius 2 is 1.93 bits per heavy atom. The van der Waals surface area contributed by atoms with Crippen LogP contribution in [-0.4, -0.2) is 61.1 Å². The largest absolute Gasteiger partial charge is 0.469 e. The number of nitrogens with zero attached hydrogens (tertiary/aromatic N) is 3. The van der Waals surface area contributed by atoms with E-state index in [1.807, 2.05) is 12.1 Å². The van der Waals surface area contributed by atoms with E-state index in [-0.39, 0.29) is 24.0 Å². The van der Waals surface area contributed by atoms with Gasteiger partial charge in [-0.3, -0.25) is 4.99 Å². The molecule has 4 rings (SSSR count). The van der Waals surface area contributed by atoms with E-state index < -0.39 is 0 Å². The summed E-state index contributed by atoms with van der Waals surface area (Å²) in [7, 11) is 0. The third kappa shape index (κ3) is 6.11. The van der Waals surface area contributed by atoms with Crippen LogP contribution in [0, 0.1) is 5.92 Å². The van der Waals surface area contributed by atoms with E-state index in [4.69, 9.17) is 9.41 Å². The Hall–Kier alpha value is -0.760. The summed E-state index contributed by atoms with van der Waals surface area (Å²) < 4.78 is 5.46. The molecule has 27 heavy (non-hydrogen) atoms. The number of nitrogens with one attached hydrogen (secondary N) is 1. The van der Waals surface area contributed by atoms with Crippen molar-refractivity contribution in [3.63, 3.8) is 0 Å². The summed E-state index contributed by atoms with van der Waals surface area (Å²) in [4.78, 5) is 10.1. The molecule has 5 nitrogen and oxygen atoms in total. The minimum atomic E-state index is 0. The van der Waals surface area contributed by atoms with Crippen molar-refractivity contribution in [3.8, 4) is 0 Å². The van der Waals surface area contributed by atoms with Gasteiger partial charge in [-0.05, 0) is 63.2 Å². The highest BCUT2D eigenvalue weighted by Crippen LogP contribution is 2.22. The third-order valence-electron chi connectivity index (χ3n) is 6.19. The molecule has 3 heterocycles. The van der Waals surface area contributed by atoms with E-state index in [9.17, 15) is 0 Å². The van der Waals surface area contributed by atoms with Crippen molar-refractivity contribution in [2.24, 2.45) is 10.9 Å². The molecule has 2 saturated heterocycles. The zero-order chi connectivity index (χ0) is 17.6. The van der Waals surface area contributed by atoms with Crippen LogP contribution in [-0.2, 0) is 6.42 Å². The second kappa shape index (κ2) is 10.7. The van der Waals surface area contributed by atoms with Crippen LogP contribution < -0.4 is 5.32 Å². The second-order valence-corrected chi connectivity index (χ2v) is 8.27. The first kappa shape index (κ1) is 21.0. The molecule has 6 heteroatoms. The van der Waals surface area contributed by atoms with Gasteiger partial charge in [0.25, 0.3) is 0 Å². The molecular weight excluding hydrogens is 451 g/mol. The monoisotopic (exact) mass is 486 g/mol. The molecule has 0 spiro atoms. The lowest BCUT2D eigenvalue weighted by Gasteiger charge is -2.26. The van der Waals surface area contributed by atoms with E-state index in [0.717, 1.165) is 43.7 Å². The van der Waals surface area contributed by atoms with Gasteiger partial charge in [0.2, 0.25) is 0 Å². The summed E-state index contributed by atoms with van der Waals surface area (Å²) in [6.07, 6.45) is 12.0. The van der Waals surface area contributed by atoms with Gasteiger partial charge in [0.1, 0.15) is 5.76 Å². The van der Waals surface area contributed by atoms with E-state index in [0.29, 0.717) is 6.04 Å². The highest BCUT2D eigenvalue weighted by molar-refractivity contribution is 14.0. The average molecular weight is 486 g/mol. The summed E-state index contributed by atoms with van der Waals surface area (Å²) in [6.45, 7) is 7.00. The summed E-state index contributed by atoms with van der Waals surface area (Å²) in [5.41, 5.74) is 0. The SMILES string of the molecule is I.c1coc(CCN=C(NC2CCCC2)N2CCC(CN3CCCC3)C2)c1. The van der Waals surface area contributed by atoms with Crippen molar-refractivity contribution in [2.75, 3.05) is 39.3 Å². The average Bonchev–Trinajstić information content (AvgIpc) is 3.43. The lowest BCUT2D eigenvalue weighted by Crippen LogP contribution is -2.45. The van der Waals surface area contributed by atoms with Gasteiger partial charge in [-0.2, -0.15) is 0 Å². The second-order valence-electron chi connectivity index (χ2n) is 8.27. The molecule has 1 atom stereocenters. The first-order chi connectivity index (χ1) is 12.9. The number of hydrogen-bond donors (Lipinski definition) is 1. The first-order valence-corrected chi connectivity index (χ1v) is 10.7. The van der Waals surface area contributed by atoms with Crippen LogP contribution in [0.5, 0.6) is 0 Å². The minimum Gasteiger partial charge on any atom is -0.469 e. The quantitative estimate of drug-likeness (QED) is 0.378. The molecule has 1 N–H and O–H groups in total. The maximum Gasteiger partial charge on any atom is 0.194 e. The standard InChI is InChI=1S/C21H34N4O.HI/c1-2-7-19(6-1)23-21(22-11-9-20-8-5-15-26-20)25-14-10-18(17-25)16-24-12-3-4-13-24;/h5,8,15,18-19H,1-4,6-7,9-14,16-17H2,(H,22,23);1H. The van der Waals surface area contributed by atoms with Gasteiger partial charge in [0, 0.05) is 38.6 Å². The van der Waals surface area contributed by atoms with Crippen LogP contribution in [0.1, 0.15) is 50.7 Å². The Morgan fingerprint density at radius 1 is 1.11 bits per heavy atom. The number of rotatable bonds is 6. The Labute approximate surface area is 181 Å². The number of hydrogen-bond acceptors (Lipinski definition) is 3. The number of aliphatic imine (C=N–C) groups is 1. The van der Waals surface area contributed by atoms with Crippen LogP contribution in [0.3, 0.4) is 0 Å². The van der Waals surface area contributed by atoms with Crippen LogP contribution in [0.25, 0.3) is 0 Å². The smallest absolute Gasteiger partial charge is 0.194 e. The Kier molecular flexibility index (Phi) is 8.30. The predicted molar refractivity (Wildman–Crippen MR) is 121 cm³/mol. The zero-order valence-electron chi connectivity index (χ0n) is 16.4. The molecule has 3 fully saturated rings. The molecule has 1 unspecified atom stereocenters. The maximum absolute atomic E-state index is 5.46. The van der Waals surface area contributed by atoms with Crippen molar-refractivity contribution in [1.82, 2.24) is 15.1 Å². The van der Waals surface area contributed by atoms with E-state index >= 15 is 0 Å². The summed E-state index contributed by atoms with van der Waals surface area (Å²) in [5, 5.41) is 3.78. The van der Waals surface area contributed by atoms with Crippen LogP contribution in [0.2, 0.25) is 0 Å². The fraction of sp³-hybridized carbons (Fsp3) is 0.762. The summed E-state index contributed by atoms with van der Waals surface area (Å²) in [5.74, 6) is 2.98. The molecule has 0 bridgehead atoms. The normalized spacial score (nSPS) is 24.5. The molecule has 1 saturated carbocycles. The number of guanidine groups is 1. The molecule has 1 aromatic rings. The molecule has 0 amide bonds. The fourth-order valence-corrected chi connectivity index (χ4v) is 4.72. The molecule has 1 aromatic heterocycles. The molecule has 3 aliphatic rings. The van der Waals surface area contributed by atoms with Gasteiger partial charge in [0.05, 0.1) is 6.26 Å². The van der Waals surface area contributed by atoms with Gasteiger partial charge in [-0.25, -0.2) is 0 Å². The van der Waals surface area contributed by atoms with Gasteiger partial charge in [-0.1, -0.05) is 12.8 Å². The number of likely N-dealkylation sites (tertiary alicyclic amines) is 2. The molecule has 2 aliphatic heterocycles. The lowest BCUT2D eigenvalue weighted by atomic mass is 10.1. The molecule has 0 radical (unpaired) electrons. The summed E-state index contributed by atoms with van der Waals surface area (Å²) >= 11 is 0. The van der Waals surface area contributed by atoms with E-state index in [1.165, 1.54) is 64.6 Å². The minimum absolute atomic E-state index is 0. The van der Waals surface area contributed by atoms with Gasteiger partial charge in [0.15, 0.2) is 5.96 Å². The molecule has 1 aliphatic carbocycles. The molecule has 152 valence electrons. The predicted octanol–water partition coefficient (Wildman–Crippen LogP) is 3.75. The van der Waals surface area contributed by atoms with Crippen molar-refractivity contribution in [1.29, 1.82) is 0 Å². The highest BCUT2D eigenvalue weighted by Gasteiger charge is 2.28. The number of halogens is 1. The van der Waals surface area contributed by atoms with Crippen LogP contribution in [0.4, 0.5) is 0 Å². The van der Waals surface area contributed by atoms with Crippen molar-refractivity contribution < 1.29 is 4.42 Å².